The van der Waals surface area contributed by atoms with Crippen molar-refractivity contribution in [1.82, 2.24) is 0 Å². The standard InChI is InChI=1S/C20H15NO5S2/c22-17-10-15(12-6-8-13(9-7-12)20(23)24)19-18(21-17)16(11-27-19)28(25,26)14-4-2-1-3-5-14/h1-9,11,15H,10H2,(H,21,22)(H,23,24)/t15-/m0/s1. The second-order valence-electron chi connectivity index (χ2n) is 6.39. The van der Waals surface area contributed by atoms with Gasteiger partial charge < -0.3 is 10.4 Å². The molecule has 2 N–H and O–H groups in total. The van der Waals surface area contributed by atoms with E-state index in [4.69, 9.17) is 5.11 Å². The molecule has 6 nitrogen and oxygen atoms in total. The maximum Gasteiger partial charge on any atom is 0.335 e. The van der Waals surface area contributed by atoms with Crippen molar-refractivity contribution in [1.29, 1.82) is 0 Å². The number of carbonyl (C=O) groups is 2. The Morgan fingerprint density at radius 2 is 1.75 bits per heavy atom. The Morgan fingerprint density at radius 3 is 2.39 bits per heavy atom. The first kappa shape index (κ1) is 18.4. The summed E-state index contributed by atoms with van der Waals surface area (Å²) in [5.41, 5.74) is 1.24. The lowest BCUT2D eigenvalue weighted by atomic mass is 9.90. The predicted octanol–water partition coefficient (Wildman–Crippen LogP) is 3.75. The molecule has 1 atom stereocenters. The van der Waals surface area contributed by atoms with E-state index in [9.17, 15) is 18.0 Å². The molecule has 142 valence electrons. The Hall–Kier alpha value is -2.97. The third-order valence-electron chi connectivity index (χ3n) is 4.66. The smallest absolute Gasteiger partial charge is 0.335 e. The van der Waals surface area contributed by atoms with Gasteiger partial charge in [0.15, 0.2) is 0 Å². The number of anilines is 1. The number of fused-ring (bicyclic) bond motifs is 1. The van der Waals surface area contributed by atoms with E-state index < -0.39 is 15.8 Å². The Kier molecular flexibility index (Phi) is 4.52. The quantitative estimate of drug-likeness (QED) is 0.678. The summed E-state index contributed by atoms with van der Waals surface area (Å²) in [7, 11) is -3.77. The van der Waals surface area contributed by atoms with Crippen molar-refractivity contribution in [3.63, 3.8) is 0 Å². The van der Waals surface area contributed by atoms with Gasteiger partial charge in [0.1, 0.15) is 4.90 Å². The molecule has 0 fully saturated rings. The Balaban J connectivity index is 1.79. The monoisotopic (exact) mass is 413 g/mol. The number of carbonyl (C=O) groups excluding carboxylic acids is 1. The van der Waals surface area contributed by atoms with Crippen LogP contribution in [0.15, 0.2) is 69.8 Å². The molecule has 0 saturated heterocycles. The van der Waals surface area contributed by atoms with Crippen molar-refractivity contribution < 1.29 is 23.1 Å². The summed E-state index contributed by atoms with van der Waals surface area (Å²) in [6, 6.07) is 14.4. The summed E-state index contributed by atoms with van der Waals surface area (Å²) in [6.07, 6.45) is 0.171. The van der Waals surface area contributed by atoms with Crippen molar-refractivity contribution in [3.8, 4) is 0 Å². The fourth-order valence-electron chi connectivity index (χ4n) is 3.26. The summed E-state index contributed by atoms with van der Waals surface area (Å²) in [5.74, 6) is -1.62. The molecule has 1 aliphatic rings. The van der Waals surface area contributed by atoms with Gasteiger partial charge in [0, 0.05) is 22.6 Å². The van der Waals surface area contributed by atoms with Crippen molar-refractivity contribution in [2.24, 2.45) is 0 Å². The highest BCUT2D eigenvalue weighted by Gasteiger charge is 2.34. The molecule has 1 aromatic heterocycles. The van der Waals surface area contributed by atoms with Gasteiger partial charge in [0.25, 0.3) is 0 Å². The summed E-state index contributed by atoms with van der Waals surface area (Å²) in [6.45, 7) is 0. The minimum absolute atomic E-state index is 0.0823. The Bertz CT molecular complexity index is 1170. The van der Waals surface area contributed by atoms with Gasteiger partial charge in [-0.2, -0.15) is 0 Å². The van der Waals surface area contributed by atoms with Crippen LogP contribution >= 0.6 is 11.3 Å². The van der Waals surface area contributed by atoms with Crippen molar-refractivity contribution >= 4 is 38.7 Å². The Labute approximate surface area is 165 Å². The largest absolute Gasteiger partial charge is 0.478 e. The molecule has 0 saturated carbocycles. The van der Waals surface area contributed by atoms with E-state index in [0.717, 1.165) is 10.4 Å². The van der Waals surface area contributed by atoms with E-state index in [1.54, 1.807) is 35.7 Å². The van der Waals surface area contributed by atoms with Crippen molar-refractivity contribution in [3.05, 3.63) is 76.0 Å². The lowest BCUT2D eigenvalue weighted by molar-refractivity contribution is -0.116. The highest BCUT2D eigenvalue weighted by atomic mass is 32.2. The van der Waals surface area contributed by atoms with Gasteiger partial charge in [0.05, 0.1) is 16.1 Å². The maximum absolute atomic E-state index is 13.0. The topological polar surface area (TPSA) is 101 Å². The molecule has 2 aromatic carbocycles. The normalized spacial score (nSPS) is 16.3. The first-order valence-corrected chi connectivity index (χ1v) is 10.8. The molecular formula is C20H15NO5S2. The van der Waals surface area contributed by atoms with Crippen LogP contribution in [-0.2, 0) is 14.6 Å². The predicted molar refractivity (Wildman–Crippen MR) is 105 cm³/mol. The number of carboxylic acids is 1. The lowest BCUT2D eigenvalue weighted by Crippen LogP contribution is -2.23. The van der Waals surface area contributed by atoms with Crippen molar-refractivity contribution in [2.45, 2.75) is 22.1 Å². The highest BCUT2D eigenvalue weighted by Crippen LogP contribution is 2.45. The third kappa shape index (κ3) is 3.10. The molecule has 0 aliphatic carbocycles. The molecule has 0 bridgehead atoms. The van der Waals surface area contributed by atoms with Gasteiger partial charge in [-0.25, -0.2) is 13.2 Å². The summed E-state index contributed by atoms with van der Waals surface area (Å²) in [5, 5.41) is 13.3. The van der Waals surface area contributed by atoms with E-state index in [0.29, 0.717) is 5.69 Å². The van der Waals surface area contributed by atoms with Crippen LogP contribution in [-0.4, -0.2) is 25.4 Å². The SMILES string of the molecule is O=C1C[C@@H](c2ccc(C(=O)O)cc2)c2scc(S(=O)(=O)c3ccccc3)c2N1. The molecule has 0 unspecified atom stereocenters. The fraction of sp³-hybridized carbons (Fsp3) is 0.100. The van der Waals surface area contributed by atoms with Crippen LogP contribution in [0.5, 0.6) is 0 Å². The number of hydrogen-bond acceptors (Lipinski definition) is 5. The molecule has 1 amide bonds. The fourth-order valence-corrected chi connectivity index (χ4v) is 6.19. The molecule has 2 heterocycles. The molecule has 0 radical (unpaired) electrons. The number of nitrogens with one attached hydrogen (secondary N) is 1. The first-order valence-electron chi connectivity index (χ1n) is 8.42. The third-order valence-corrected chi connectivity index (χ3v) is 7.70. The van der Waals surface area contributed by atoms with Gasteiger partial charge in [-0.3, -0.25) is 4.79 Å². The van der Waals surface area contributed by atoms with Crippen LogP contribution in [0.2, 0.25) is 0 Å². The average Bonchev–Trinajstić information content (AvgIpc) is 3.12. The van der Waals surface area contributed by atoms with E-state index in [-0.39, 0.29) is 33.6 Å². The van der Waals surface area contributed by atoms with Crippen LogP contribution < -0.4 is 5.32 Å². The first-order chi connectivity index (χ1) is 13.4. The molecule has 8 heteroatoms. The Morgan fingerprint density at radius 1 is 1.07 bits per heavy atom. The van der Waals surface area contributed by atoms with E-state index in [1.807, 2.05) is 0 Å². The number of carboxylic acid groups (broad SMARTS) is 1. The number of benzene rings is 2. The second-order valence-corrected chi connectivity index (χ2v) is 9.22. The zero-order valence-electron chi connectivity index (χ0n) is 14.5. The lowest BCUT2D eigenvalue weighted by Gasteiger charge is -2.23. The summed E-state index contributed by atoms with van der Waals surface area (Å²) in [4.78, 5) is 24.4. The minimum atomic E-state index is -3.77. The second kappa shape index (κ2) is 6.88. The van der Waals surface area contributed by atoms with Crippen LogP contribution in [0.25, 0.3) is 0 Å². The zero-order valence-corrected chi connectivity index (χ0v) is 16.1. The number of rotatable bonds is 4. The molecule has 28 heavy (non-hydrogen) atoms. The molecule has 1 aliphatic heterocycles. The number of aromatic carboxylic acids is 1. The van der Waals surface area contributed by atoms with E-state index >= 15 is 0 Å². The van der Waals surface area contributed by atoms with Crippen LogP contribution in [0.1, 0.15) is 33.1 Å². The zero-order chi connectivity index (χ0) is 19.9. The minimum Gasteiger partial charge on any atom is -0.478 e. The van der Waals surface area contributed by atoms with Crippen LogP contribution in [0.3, 0.4) is 0 Å². The van der Waals surface area contributed by atoms with Crippen LogP contribution in [0.4, 0.5) is 5.69 Å². The summed E-state index contributed by atoms with van der Waals surface area (Å²) < 4.78 is 26.1. The molecule has 4 rings (SSSR count). The number of thiophene rings is 1. The maximum atomic E-state index is 13.0. The van der Waals surface area contributed by atoms with Crippen molar-refractivity contribution in [2.75, 3.05) is 5.32 Å². The van der Waals surface area contributed by atoms with Gasteiger partial charge in [-0.05, 0) is 29.8 Å². The van der Waals surface area contributed by atoms with Gasteiger partial charge >= 0.3 is 5.97 Å². The highest BCUT2D eigenvalue weighted by molar-refractivity contribution is 7.91. The van der Waals surface area contributed by atoms with Gasteiger partial charge in [-0.15, -0.1) is 11.3 Å². The van der Waals surface area contributed by atoms with E-state index in [1.165, 1.54) is 35.6 Å². The van der Waals surface area contributed by atoms with Gasteiger partial charge in [0.2, 0.25) is 15.7 Å². The number of sulfone groups is 1. The van der Waals surface area contributed by atoms with Gasteiger partial charge in [-0.1, -0.05) is 30.3 Å². The molecular weight excluding hydrogens is 398 g/mol. The molecule has 3 aromatic rings. The number of hydrogen-bond donors (Lipinski definition) is 2. The number of amides is 1. The molecule has 0 spiro atoms. The van der Waals surface area contributed by atoms with E-state index in [2.05, 4.69) is 5.32 Å². The average molecular weight is 413 g/mol. The van der Waals surface area contributed by atoms with Crippen LogP contribution in [0, 0.1) is 0 Å². The summed E-state index contributed by atoms with van der Waals surface area (Å²) >= 11 is 1.28.